The van der Waals surface area contributed by atoms with E-state index in [9.17, 15) is 12.8 Å². The summed E-state index contributed by atoms with van der Waals surface area (Å²) in [5.41, 5.74) is 7.74. The van der Waals surface area contributed by atoms with E-state index in [0.29, 0.717) is 0 Å². The minimum absolute atomic E-state index is 0.0495. The van der Waals surface area contributed by atoms with Gasteiger partial charge in [0.2, 0.25) is 0 Å². The maximum absolute atomic E-state index is 14.3. The van der Waals surface area contributed by atoms with Crippen LogP contribution in [-0.2, 0) is 16.4 Å². The zero-order chi connectivity index (χ0) is 19.8. The number of nitrogens with two attached hydrogens (primary N) is 1. The number of hydrogen-bond donors (Lipinski definition) is 1. The number of alkyl halides is 1. The second-order valence-corrected chi connectivity index (χ2v) is 8.81. The van der Waals surface area contributed by atoms with E-state index < -0.39 is 21.2 Å². The number of hydrogen-bond acceptors (Lipinski definition) is 4. The van der Waals surface area contributed by atoms with Crippen molar-refractivity contribution in [2.45, 2.75) is 23.9 Å². The first-order valence-electron chi connectivity index (χ1n) is 8.17. The lowest BCUT2D eigenvalue weighted by Crippen LogP contribution is -2.09. The molecule has 3 aromatic rings. The van der Waals surface area contributed by atoms with Crippen molar-refractivity contribution in [3.63, 3.8) is 0 Å². The van der Waals surface area contributed by atoms with Crippen LogP contribution in [0.25, 0.3) is 22.0 Å². The molecule has 0 spiro atoms. The molecular formula is C19H19ClFN3O2S. The number of fused-ring (bicyclic) bond motifs is 1. The topological polar surface area (TPSA) is 78.0 Å². The number of nitrogens with zero attached hydrogens (tertiary/aromatic N) is 2. The summed E-state index contributed by atoms with van der Waals surface area (Å²) >= 11 is 5.65. The number of pyridine rings is 1. The van der Waals surface area contributed by atoms with Gasteiger partial charge in [-0.25, -0.2) is 12.8 Å². The molecule has 0 saturated heterocycles. The van der Waals surface area contributed by atoms with Gasteiger partial charge in [-0.1, -0.05) is 0 Å². The molecular weight excluding hydrogens is 389 g/mol. The largest absolute Gasteiger partial charge is 0.337 e. The molecule has 0 amide bonds. The van der Waals surface area contributed by atoms with Gasteiger partial charge in [0.05, 0.1) is 11.4 Å². The van der Waals surface area contributed by atoms with Crippen LogP contribution in [0.4, 0.5) is 4.39 Å². The van der Waals surface area contributed by atoms with Gasteiger partial charge < -0.3 is 10.3 Å². The monoisotopic (exact) mass is 407 g/mol. The number of rotatable bonds is 5. The molecule has 1 aromatic carbocycles. The highest BCUT2D eigenvalue weighted by molar-refractivity contribution is 7.90. The Bertz CT molecular complexity index is 1120. The molecule has 0 saturated carbocycles. The molecule has 1 unspecified atom stereocenters. The highest BCUT2D eigenvalue weighted by Crippen LogP contribution is 2.36. The SMILES string of the molecule is Cc1c(-c2ccncc2)c2cc(S(C)(=O)=O)ccc2n1C/C(F)=C/C(N)Cl. The number of benzene rings is 1. The molecule has 8 heteroatoms. The third kappa shape index (κ3) is 4.05. The predicted octanol–water partition coefficient (Wildman–Crippen LogP) is 3.79. The van der Waals surface area contributed by atoms with E-state index in [-0.39, 0.29) is 11.4 Å². The van der Waals surface area contributed by atoms with E-state index >= 15 is 0 Å². The van der Waals surface area contributed by atoms with Crippen molar-refractivity contribution in [1.29, 1.82) is 0 Å². The van der Waals surface area contributed by atoms with Crippen molar-refractivity contribution in [2.24, 2.45) is 5.73 Å². The Labute approximate surface area is 162 Å². The molecule has 0 aliphatic rings. The third-order valence-corrected chi connectivity index (χ3v) is 5.58. The van der Waals surface area contributed by atoms with Gasteiger partial charge in [-0.3, -0.25) is 4.98 Å². The highest BCUT2D eigenvalue weighted by Gasteiger charge is 2.19. The van der Waals surface area contributed by atoms with E-state index in [2.05, 4.69) is 4.98 Å². The van der Waals surface area contributed by atoms with Crippen LogP contribution < -0.4 is 5.73 Å². The normalized spacial score (nSPS) is 13.9. The second-order valence-electron chi connectivity index (χ2n) is 6.29. The first kappa shape index (κ1) is 19.5. The summed E-state index contributed by atoms with van der Waals surface area (Å²) in [6, 6.07) is 8.51. The Kier molecular flexibility index (Phi) is 5.37. The summed E-state index contributed by atoms with van der Waals surface area (Å²) < 4.78 is 40.1. The van der Waals surface area contributed by atoms with Gasteiger partial charge in [0.1, 0.15) is 11.3 Å². The van der Waals surface area contributed by atoms with Crippen LogP contribution in [0, 0.1) is 6.92 Å². The molecule has 0 radical (unpaired) electrons. The van der Waals surface area contributed by atoms with E-state index in [1.165, 1.54) is 6.07 Å². The molecule has 0 bridgehead atoms. The summed E-state index contributed by atoms with van der Waals surface area (Å²) in [7, 11) is -3.38. The minimum atomic E-state index is -3.38. The number of sulfone groups is 1. The van der Waals surface area contributed by atoms with E-state index in [0.717, 1.165) is 40.1 Å². The summed E-state index contributed by atoms with van der Waals surface area (Å²) in [5.74, 6) is -0.467. The molecule has 0 aliphatic carbocycles. The first-order chi connectivity index (χ1) is 12.7. The maximum atomic E-state index is 14.3. The lowest BCUT2D eigenvalue weighted by atomic mass is 10.0. The van der Waals surface area contributed by atoms with E-state index in [1.807, 2.05) is 19.1 Å². The van der Waals surface area contributed by atoms with E-state index in [4.69, 9.17) is 17.3 Å². The molecule has 1 atom stereocenters. The molecule has 5 nitrogen and oxygen atoms in total. The van der Waals surface area contributed by atoms with Crippen molar-refractivity contribution in [3.05, 3.63) is 60.3 Å². The fourth-order valence-corrected chi connectivity index (χ4v) is 3.94. The predicted molar refractivity (Wildman–Crippen MR) is 106 cm³/mol. The lowest BCUT2D eigenvalue weighted by Gasteiger charge is -2.08. The molecule has 3 rings (SSSR count). The molecule has 2 N–H and O–H groups in total. The van der Waals surface area contributed by atoms with Crippen LogP contribution in [0.3, 0.4) is 0 Å². The Morgan fingerprint density at radius 1 is 1.33 bits per heavy atom. The highest BCUT2D eigenvalue weighted by atomic mass is 35.5. The Morgan fingerprint density at radius 2 is 2.00 bits per heavy atom. The zero-order valence-electron chi connectivity index (χ0n) is 14.9. The van der Waals surface area contributed by atoms with Crippen molar-refractivity contribution in [2.75, 3.05) is 6.26 Å². The van der Waals surface area contributed by atoms with Gasteiger partial charge in [-0.05, 0) is 48.9 Å². The number of allylic oxidation sites excluding steroid dienone is 1. The Hall–Kier alpha value is -2.22. The molecule has 0 aliphatic heterocycles. The van der Waals surface area contributed by atoms with Gasteiger partial charge in [0, 0.05) is 40.8 Å². The molecule has 27 heavy (non-hydrogen) atoms. The van der Waals surface area contributed by atoms with Crippen LogP contribution in [0.5, 0.6) is 0 Å². The van der Waals surface area contributed by atoms with Crippen molar-refractivity contribution < 1.29 is 12.8 Å². The molecule has 142 valence electrons. The Morgan fingerprint density at radius 3 is 2.59 bits per heavy atom. The zero-order valence-corrected chi connectivity index (χ0v) is 16.4. The second kappa shape index (κ2) is 7.42. The average Bonchev–Trinajstić information content (AvgIpc) is 2.85. The lowest BCUT2D eigenvalue weighted by molar-refractivity contribution is 0.554. The van der Waals surface area contributed by atoms with Crippen molar-refractivity contribution >= 4 is 32.3 Å². The fraction of sp³-hybridized carbons (Fsp3) is 0.211. The minimum Gasteiger partial charge on any atom is -0.337 e. The number of halogens is 2. The average molecular weight is 408 g/mol. The summed E-state index contributed by atoms with van der Waals surface area (Å²) in [4.78, 5) is 4.23. The molecule has 2 aromatic heterocycles. The van der Waals surface area contributed by atoms with Crippen LogP contribution in [0.1, 0.15) is 5.69 Å². The Balaban J connectivity index is 2.30. The van der Waals surface area contributed by atoms with Crippen molar-refractivity contribution in [1.82, 2.24) is 9.55 Å². The summed E-state index contributed by atoms with van der Waals surface area (Å²) in [6.07, 6.45) is 5.62. The van der Waals surface area contributed by atoms with Crippen LogP contribution in [0.2, 0.25) is 0 Å². The van der Waals surface area contributed by atoms with Gasteiger partial charge in [0.15, 0.2) is 9.84 Å². The van der Waals surface area contributed by atoms with Gasteiger partial charge in [-0.15, -0.1) is 11.6 Å². The standard InChI is InChI=1S/C19H19ClFN3O2S/c1-12-19(13-5-7-23-8-6-13)16-10-15(27(2,25)26)3-4-17(16)24(12)11-14(21)9-18(20)22/h3-10,18H,11,22H2,1-2H3/b14-9-. The third-order valence-electron chi connectivity index (χ3n) is 4.34. The summed E-state index contributed by atoms with van der Waals surface area (Å²) in [6.45, 7) is 1.82. The number of aromatic nitrogens is 2. The molecule has 2 heterocycles. The quantitative estimate of drug-likeness (QED) is 0.515. The maximum Gasteiger partial charge on any atom is 0.175 e. The van der Waals surface area contributed by atoms with Crippen LogP contribution >= 0.6 is 11.6 Å². The van der Waals surface area contributed by atoms with Crippen LogP contribution in [-0.4, -0.2) is 29.7 Å². The van der Waals surface area contributed by atoms with Gasteiger partial charge >= 0.3 is 0 Å². The van der Waals surface area contributed by atoms with Crippen LogP contribution in [0.15, 0.2) is 59.5 Å². The fourth-order valence-electron chi connectivity index (χ4n) is 3.16. The van der Waals surface area contributed by atoms with Crippen molar-refractivity contribution in [3.8, 4) is 11.1 Å². The smallest absolute Gasteiger partial charge is 0.175 e. The molecule has 0 fully saturated rings. The summed E-state index contributed by atoms with van der Waals surface area (Å²) in [5, 5.41) is 0.726. The van der Waals surface area contributed by atoms with Gasteiger partial charge in [0.25, 0.3) is 0 Å². The first-order valence-corrected chi connectivity index (χ1v) is 10.5. The van der Waals surface area contributed by atoms with E-state index in [1.54, 1.807) is 29.1 Å². The van der Waals surface area contributed by atoms with Gasteiger partial charge in [-0.2, -0.15) is 0 Å².